The van der Waals surface area contributed by atoms with Crippen LogP contribution in [0.15, 0.2) is 11.0 Å². The standard InChI is InChI=1S/C21H31N5O2/c1-14-11-25(12-15-4-2-3-5-15)13-17(14)19-23-21(27)18-10-22-20(26(18)24-19)16-6-8-28-9-7-16/h10,14-17H,2-9,11-13H2,1H3,(H,23,24,27). The van der Waals surface area contributed by atoms with E-state index in [0.29, 0.717) is 17.4 Å². The molecule has 7 nitrogen and oxygen atoms in total. The van der Waals surface area contributed by atoms with Gasteiger partial charge in [0.1, 0.15) is 11.6 Å². The molecule has 0 aromatic carbocycles. The maximum atomic E-state index is 12.7. The number of hydrogen-bond acceptors (Lipinski definition) is 5. The lowest BCUT2D eigenvalue weighted by molar-refractivity contribution is 0.0832. The van der Waals surface area contributed by atoms with E-state index in [-0.39, 0.29) is 11.5 Å². The average Bonchev–Trinajstić information content (AvgIpc) is 3.43. The van der Waals surface area contributed by atoms with E-state index in [1.807, 2.05) is 4.52 Å². The van der Waals surface area contributed by atoms with Crippen molar-refractivity contribution in [3.05, 3.63) is 28.2 Å². The van der Waals surface area contributed by atoms with Crippen LogP contribution in [-0.2, 0) is 4.74 Å². The second kappa shape index (κ2) is 7.59. The summed E-state index contributed by atoms with van der Waals surface area (Å²) in [6.07, 6.45) is 9.08. The summed E-state index contributed by atoms with van der Waals surface area (Å²) in [7, 11) is 0. The number of nitrogens with zero attached hydrogens (tertiary/aromatic N) is 4. The molecule has 28 heavy (non-hydrogen) atoms. The zero-order valence-electron chi connectivity index (χ0n) is 16.8. The summed E-state index contributed by atoms with van der Waals surface area (Å²) in [6.45, 7) is 7.09. The molecule has 2 aliphatic heterocycles. The molecule has 1 aliphatic carbocycles. The Bertz CT molecular complexity index is 879. The lowest BCUT2D eigenvalue weighted by Crippen LogP contribution is -2.27. The van der Waals surface area contributed by atoms with E-state index in [9.17, 15) is 4.79 Å². The molecule has 0 bridgehead atoms. The summed E-state index contributed by atoms with van der Waals surface area (Å²) in [5.74, 6) is 3.69. The number of imidazole rings is 1. The maximum absolute atomic E-state index is 12.7. The summed E-state index contributed by atoms with van der Waals surface area (Å²) >= 11 is 0. The van der Waals surface area contributed by atoms with E-state index in [1.54, 1.807) is 6.20 Å². The summed E-state index contributed by atoms with van der Waals surface area (Å²) in [5, 5.41) is 4.90. The fourth-order valence-corrected chi connectivity index (χ4v) is 5.46. The normalized spacial score (nSPS) is 27.9. The summed E-state index contributed by atoms with van der Waals surface area (Å²) in [6, 6.07) is 0. The van der Waals surface area contributed by atoms with Crippen LogP contribution in [0.3, 0.4) is 0 Å². The van der Waals surface area contributed by atoms with E-state index < -0.39 is 0 Å². The van der Waals surface area contributed by atoms with Crippen molar-refractivity contribution >= 4 is 5.52 Å². The van der Waals surface area contributed by atoms with Crippen LogP contribution in [0.25, 0.3) is 5.52 Å². The molecular weight excluding hydrogens is 354 g/mol. The summed E-state index contributed by atoms with van der Waals surface area (Å²) in [4.78, 5) is 22.9. The van der Waals surface area contributed by atoms with Crippen LogP contribution >= 0.6 is 0 Å². The minimum absolute atomic E-state index is 0.0720. The molecule has 4 heterocycles. The van der Waals surface area contributed by atoms with Crippen molar-refractivity contribution in [3.63, 3.8) is 0 Å². The highest BCUT2D eigenvalue weighted by Crippen LogP contribution is 2.33. The number of likely N-dealkylation sites (tertiary alicyclic amines) is 1. The van der Waals surface area contributed by atoms with Crippen molar-refractivity contribution in [1.29, 1.82) is 0 Å². The molecule has 5 rings (SSSR count). The van der Waals surface area contributed by atoms with Crippen molar-refractivity contribution in [2.75, 3.05) is 32.8 Å². The predicted molar refractivity (Wildman–Crippen MR) is 107 cm³/mol. The highest BCUT2D eigenvalue weighted by Gasteiger charge is 2.34. The van der Waals surface area contributed by atoms with Gasteiger partial charge in [-0.05, 0) is 37.5 Å². The van der Waals surface area contributed by atoms with E-state index in [1.165, 1.54) is 32.2 Å². The van der Waals surface area contributed by atoms with Gasteiger partial charge >= 0.3 is 0 Å². The Morgan fingerprint density at radius 3 is 2.75 bits per heavy atom. The monoisotopic (exact) mass is 385 g/mol. The van der Waals surface area contributed by atoms with E-state index in [2.05, 4.69) is 21.8 Å². The molecule has 2 unspecified atom stereocenters. The van der Waals surface area contributed by atoms with Gasteiger partial charge in [0.2, 0.25) is 0 Å². The lowest BCUT2D eigenvalue weighted by atomic mass is 9.97. The second-order valence-electron chi connectivity index (χ2n) is 9.09. The molecule has 0 spiro atoms. The maximum Gasteiger partial charge on any atom is 0.276 e. The van der Waals surface area contributed by atoms with Crippen molar-refractivity contribution < 1.29 is 4.74 Å². The number of hydrogen-bond donors (Lipinski definition) is 1. The Hall–Kier alpha value is -1.73. The molecule has 1 saturated carbocycles. The van der Waals surface area contributed by atoms with Gasteiger partial charge in [-0.2, -0.15) is 5.10 Å². The molecule has 2 atom stereocenters. The Morgan fingerprint density at radius 1 is 1.18 bits per heavy atom. The van der Waals surface area contributed by atoms with Crippen LogP contribution in [0.1, 0.15) is 68.9 Å². The van der Waals surface area contributed by atoms with Gasteiger partial charge in [0.15, 0.2) is 5.52 Å². The minimum Gasteiger partial charge on any atom is -0.381 e. The smallest absolute Gasteiger partial charge is 0.276 e. The summed E-state index contributed by atoms with van der Waals surface area (Å²) in [5.41, 5.74) is 0.482. The van der Waals surface area contributed by atoms with E-state index in [0.717, 1.165) is 56.7 Å². The molecule has 152 valence electrons. The van der Waals surface area contributed by atoms with Crippen LogP contribution in [-0.4, -0.2) is 57.3 Å². The van der Waals surface area contributed by atoms with Gasteiger partial charge in [0.25, 0.3) is 5.56 Å². The number of H-pyrrole nitrogens is 1. The van der Waals surface area contributed by atoms with Gasteiger partial charge in [0.05, 0.1) is 6.20 Å². The third-order valence-electron chi connectivity index (χ3n) is 7.06. The zero-order valence-corrected chi connectivity index (χ0v) is 16.8. The van der Waals surface area contributed by atoms with Gasteiger partial charge in [-0.1, -0.05) is 19.8 Å². The molecule has 3 fully saturated rings. The first-order valence-corrected chi connectivity index (χ1v) is 11.0. The Balaban J connectivity index is 1.41. The van der Waals surface area contributed by atoms with Crippen LogP contribution < -0.4 is 5.56 Å². The molecule has 7 heteroatoms. The fraction of sp³-hybridized carbons (Fsp3) is 0.762. The third kappa shape index (κ3) is 3.39. The number of nitrogens with one attached hydrogen (secondary N) is 1. The van der Waals surface area contributed by atoms with Gasteiger partial charge in [-0.3, -0.25) is 4.79 Å². The molecule has 0 amide bonds. The first-order valence-electron chi connectivity index (χ1n) is 11.0. The van der Waals surface area contributed by atoms with Crippen molar-refractivity contribution in [2.45, 2.75) is 57.3 Å². The minimum atomic E-state index is -0.0720. The van der Waals surface area contributed by atoms with Crippen molar-refractivity contribution in [3.8, 4) is 0 Å². The topological polar surface area (TPSA) is 75.5 Å². The van der Waals surface area contributed by atoms with E-state index in [4.69, 9.17) is 9.84 Å². The Kier molecular flexibility index (Phi) is 4.97. The van der Waals surface area contributed by atoms with Gasteiger partial charge in [-0.25, -0.2) is 9.50 Å². The number of aromatic amines is 1. The molecule has 1 N–H and O–H groups in total. The highest BCUT2D eigenvalue weighted by molar-refractivity contribution is 5.42. The van der Waals surface area contributed by atoms with E-state index >= 15 is 0 Å². The lowest BCUT2D eigenvalue weighted by Gasteiger charge is -2.21. The van der Waals surface area contributed by atoms with Crippen LogP contribution in [0.2, 0.25) is 0 Å². The molecule has 3 aliphatic rings. The summed E-state index contributed by atoms with van der Waals surface area (Å²) < 4.78 is 7.30. The predicted octanol–water partition coefficient (Wildman–Crippen LogP) is 2.54. The van der Waals surface area contributed by atoms with Crippen LogP contribution in [0, 0.1) is 11.8 Å². The number of ether oxygens (including phenoxy) is 1. The largest absolute Gasteiger partial charge is 0.381 e. The third-order valence-corrected chi connectivity index (χ3v) is 7.06. The Labute approximate surface area is 165 Å². The number of fused-ring (bicyclic) bond motifs is 1. The first-order chi connectivity index (χ1) is 13.7. The van der Waals surface area contributed by atoms with Gasteiger partial charge < -0.3 is 14.6 Å². The van der Waals surface area contributed by atoms with Crippen LogP contribution in [0.4, 0.5) is 0 Å². The first kappa shape index (κ1) is 18.3. The van der Waals surface area contributed by atoms with Gasteiger partial charge in [-0.15, -0.1) is 0 Å². The van der Waals surface area contributed by atoms with Crippen molar-refractivity contribution in [2.24, 2.45) is 11.8 Å². The second-order valence-corrected chi connectivity index (χ2v) is 9.09. The molecular formula is C21H31N5O2. The molecule has 2 aromatic rings. The fourth-order valence-electron chi connectivity index (χ4n) is 5.46. The zero-order chi connectivity index (χ0) is 19.1. The molecule has 2 saturated heterocycles. The number of rotatable bonds is 4. The van der Waals surface area contributed by atoms with Crippen molar-refractivity contribution in [1.82, 2.24) is 24.5 Å². The highest BCUT2D eigenvalue weighted by atomic mass is 16.5. The SMILES string of the molecule is CC1CN(CC2CCCC2)CC1c1nn2c(C3CCOCC3)ncc2c(=O)[nH]1. The quantitative estimate of drug-likeness (QED) is 0.875. The number of aromatic nitrogens is 4. The average molecular weight is 386 g/mol. The Morgan fingerprint density at radius 2 is 1.96 bits per heavy atom. The van der Waals surface area contributed by atoms with Crippen LogP contribution in [0.5, 0.6) is 0 Å². The van der Waals surface area contributed by atoms with Gasteiger partial charge in [0, 0.05) is 44.7 Å². The molecule has 0 radical (unpaired) electrons. The molecule has 2 aromatic heterocycles.